The highest BCUT2D eigenvalue weighted by molar-refractivity contribution is 9.10. The first-order valence-electron chi connectivity index (χ1n) is 7.47. The van der Waals surface area contributed by atoms with Gasteiger partial charge in [0.25, 0.3) is 0 Å². The maximum atomic E-state index is 11.8. The second-order valence-electron chi connectivity index (χ2n) is 5.22. The standard InChI is InChI=1S/C18H12BrClN4O2/c19-11-2-1-3-12(8-11)24-18-14-9-13(4-5-15(14)21-10-22-18)23-17(26)7-6-16(20)25/h1-10H,(H,23,26)(H,21,22,24)/b7-6+. The Morgan fingerprint density at radius 2 is 1.88 bits per heavy atom. The highest BCUT2D eigenvalue weighted by atomic mass is 79.9. The fraction of sp³-hybridized carbons (Fsp3) is 0. The summed E-state index contributed by atoms with van der Waals surface area (Å²) in [6.07, 6.45) is 3.53. The smallest absolute Gasteiger partial charge is 0.248 e. The molecule has 0 spiro atoms. The van der Waals surface area contributed by atoms with Crippen LogP contribution in [0.3, 0.4) is 0 Å². The lowest BCUT2D eigenvalue weighted by atomic mass is 10.2. The summed E-state index contributed by atoms with van der Waals surface area (Å²) in [6.45, 7) is 0. The Kier molecular flexibility index (Phi) is 5.60. The summed E-state index contributed by atoms with van der Waals surface area (Å²) in [5.41, 5.74) is 2.13. The lowest BCUT2D eigenvalue weighted by Gasteiger charge is -2.10. The number of benzene rings is 2. The second kappa shape index (κ2) is 8.07. The number of nitrogens with zero attached hydrogens (tertiary/aromatic N) is 2. The van der Waals surface area contributed by atoms with E-state index in [0.29, 0.717) is 11.5 Å². The van der Waals surface area contributed by atoms with Gasteiger partial charge in [0.2, 0.25) is 11.1 Å². The number of fused-ring (bicyclic) bond motifs is 1. The zero-order valence-electron chi connectivity index (χ0n) is 13.2. The third-order valence-electron chi connectivity index (χ3n) is 3.36. The molecule has 0 aliphatic heterocycles. The van der Waals surface area contributed by atoms with Crippen molar-refractivity contribution in [2.75, 3.05) is 10.6 Å². The van der Waals surface area contributed by atoms with E-state index in [2.05, 4.69) is 36.5 Å². The number of allylic oxidation sites excluding steroid dienone is 1. The summed E-state index contributed by atoms with van der Waals surface area (Å²) in [5, 5.41) is 5.92. The van der Waals surface area contributed by atoms with Crippen LogP contribution in [0.1, 0.15) is 0 Å². The quantitative estimate of drug-likeness (QED) is 0.462. The van der Waals surface area contributed by atoms with Gasteiger partial charge in [0.1, 0.15) is 12.1 Å². The Morgan fingerprint density at radius 3 is 2.65 bits per heavy atom. The highest BCUT2D eigenvalue weighted by Gasteiger charge is 2.07. The van der Waals surface area contributed by atoms with Crippen molar-refractivity contribution in [2.24, 2.45) is 0 Å². The van der Waals surface area contributed by atoms with Gasteiger partial charge in [-0.1, -0.05) is 22.0 Å². The minimum atomic E-state index is -0.715. The number of carbonyl (C=O) groups excluding carboxylic acids is 2. The number of hydrogen-bond donors (Lipinski definition) is 2. The molecule has 1 aromatic heterocycles. The van der Waals surface area contributed by atoms with Crippen molar-refractivity contribution in [3.8, 4) is 0 Å². The van der Waals surface area contributed by atoms with Crippen molar-refractivity contribution in [3.05, 3.63) is 65.4 Å². The minimum absolute atomic E-state index is 0.461. The van der Waals surface area contributed by atoms with Crippen molar-refractivity contribution in [1.82, 2.24) is 9.97 Å². The van der Waals surface area contributed by atoms with Crippen LogP contribution in [0.25, 0.3) is 10.9 Å². The molecule has 3 aromatic rings. The predicted octanol–water partition coefficient (Wildman–Crippen LogP) is 4.40. The SMILES string of the molecule is O=C(Cl)/C=C/C(=O)Nc1ccc2ncnc(Nc3cccc(Br)c3)c2c1. The predicted molar refractivity (Wildman–Crippen MR) is 106 cm³/mol. The van der Waals surface area contributed by atoms with Crippen molar-refractivity contribution < 1.29 is 9.59 Å². The summed E-state index contributed by atoms with van der Waals surface area (Å²) in [4.78, 5) is 31.0. The Labute approximate surface area is 162 Å². The van der Waals surface area contributed by atoms with E-state index in [1.807, 2.05) is 24.3 Å². The Hall–Kier alpha value is -2.77. The molecule has 0 saturated carbocycles. The van der Waals surface area contributed by atoms with Gasteiger partial charge in [-0.3, -0.25) is 9.59 Å². The van der Waals surface area contributed by atoms with Crippen LogP contribution in [0, 0.1) is 0 Å². The molecule has 2 aromatic carbocycles. The maximum absolute atomic E-state index is 11.8. The molecule has 0 atom stereocenters. The van der Waals surface area contributed by atoms with E-state index < -0.39 is 11.1 Å². The van der Waals surface area contributed by atoms with Gasteiger partial charge < -0.3 is 10.6 Å². The molecule has 1 heterocycles. The number of halogens is 2. The average molecular weight is 432 g/mol. The van der Waals surface area contributed by atoms with Gasteiger partial charge in [0, 0.05) is 33.4 Å². The van der Waals surface area contributed by atoms with Crippen LogP contribution in [0.15, 0.2) is 65.4 Å². The second-order valence-corrected chi connectivity index (χ2v) is 6.50. The molecule has 0 radical (unpaired) electrons. The molecule has 2 N–H and O–H groups in total. The average Bonchev–Trinajstić information content (AvgIpc) is 2.60. The van der Waals surface area contributed by atoms with Gasteiger partial charge in [-0.25, -0.2) is 9.97 Å². The van der Waals surface area contributed by atoms with Gasteiger partial charge in [-0.2, -0.15) is 0 Å². The number of anilines is 3. The Bertz CT molecular complexity index is 1020. The lowest BCUT2D eigenvalue weighted by molar-refractivity contribution is -0.112. The van der Waals surface area contributed by atoms with Gasteiger partial charge in [-0.15, -0.1) is 0 Å². The first-order chi connectivity index (χ1) is 12.5. The van der Waals surface area contributed by atoms with Crippen LogP contribution in [0.5, 0.6) is 0 Å². The zero-order valence-corrected chi connectivity index (χ0v) is 15.6. The number of hydrogen-bond acceptors (Lipinski definition) is 5. The summed E-state index contributed by atoms with van der Waals surface area (Å²) in [7, 11) is 0. The number of rotatable bonds is 5. The topological polar surface area (TPSA) is 84.0 Å². The molecule has 0 fully saturated rings. The van der Waals surface area contributed by atoms with Crippen molar-refractivity contribution in [1.29, 1.82) is 0 Å². The van der Waals surface area contributed by atoms with Gasteiger partial charge >= 0.3 is 0 Å². The van der Waals surface area contributed by atoms with Crippen LogP contribution in [-0.4, -0.2) is 21.1 Å². The van der Waals surface area contributed by atoms with Crippen molar-refractivity contribution in [3.63, 3.8) is 0 Å². The van der Waals surface area contributed by atoms with Crippen LogP contribution in [-0.2, 0) is 9.59 Å². The summed E-state index contributed by atoms with van der Waals surface area (Å²) in [6, 6.07) is 12.9. The minimum Gasteiger partial charge on any atom is -0.340 e. The van der Waals surface area contributed by atoms with E-state index in [1.54, 1.807) is 18.2 Å². The van der Waals surface area contributed by atoms with Gasteiger partial charge in [-0.05, 0) is 48.0 Å². The number of amides is 1. The first-order valence-corrected chi connectivity index (χ1v) is 8.64. The molecule has 130 valence electrons. The molecule has 26 heavy (non-hydrogen) atoms. The number of nitrogens with one attached hydrogen (secondary N) is 2. The summed E-state index contributed by atoms with van der Waals surface area (Å²) < 4.78 is 0.939. The van der Waals surface area contributed by atoms with E-state index >= 15 is 0 Å². The monoisotopic (exact) mass is 430 g/mol. The third kappa shape index (κ3) is 4.65. The molecular formula is C18H12BrClN4O2. The molecule has 0 aliphatic rings. The van der Waals surface area contributed by atoms with E-state index in [0.717, 1.165) is 33.2 Å². The normalized spacial score (nSPS) is 10.8. The molecule has 6 nitrogen and oxygen atoms in total. The molecule has 0 bridgehead atoms. The van der Waals surface area contributed by atoms with E-state index in [-0.39, 0.29) is 0 Å². The van der Waals surface area contributed by atoms with Crippen LogP contribution >= 0.6 is 27.5 Å². The van der Waals surface area contributed by atoms with E-state index in [4.69, 9.17) is 11.6 Å². The van der Waals surface area contributed by atoms with Crippen LogP contribution in [0.2, 0.25) is 0 Å². The summed E-state index contributed by atoms with van der Waals surface area (Å²) >= 11 is 8.61. The largest absolute Gasteiger partial charge is 0.340 e. The fourth-order valence-electron chi connectivity index (χ4n) is 2.26. The number of carbonyl (C=O) groups is 2. The lowest BCUT2D eigenvalue weighted by Crippen LogP contribution is -2.08. The van der Waals surface area contributed by atoms with Crippen LogP contribution in [0.4, 0.5) is 17.2 Å². The summed E-state index contributed by atoms with van der Waals surface area (Å²) in [5.74, 6) is 0.146. The molecule has 3 rings (SSSR count). The maximum Gasteiger partial charge on any atom is 0.248 e. The number of aromatic nitrogens is 2. The first kappa shape index (κ1) is 18.0. The molecule has 0 unspecified atom stereocenters. The molecule has 1 amide bonds. The van der Waals surface area contributed by atoms with E-state index in [9.17, 15) is 9.59 Å². The molecule has 8 heteroatoms. The van der Waals surface area contributed by atoms with Crippen LogP contribution < -0.4 is 10.6 Å². The molecular weight excluding hydrogens is 420 g/mol. The van der Waals surface area contributed by atoms with E-state index in [1.165, 1.54) is 6.33 Å². The van der Waals surface area contributed by atoms with Gasteiger partial charge in [0.15, 0.2) is 0 Å². The highest BCUT2D eigenvalue weighted by Crippen LogP contribution is 2.26. The van der Waals surface area contributed by atoms with Crippen molar-refractivity contribution >= 4 is 66.8 Å². The third-order valence-corrected chi connectivity index (χ3v) is 3.98. The molecule has 0 saturated heterocycles. The van der Waals surface area contributed by atoms with Crippen molar-refractivity contribution in [2.45, 2.75) is 0 Å². The van der Waals surface area contributed by atoms with Gasteiger partial charge in [0.05, 0.1) is 5.52 Å². The Balaban J connectivity index is 1.90. The zero-order chi connectivity index (χ0) is 18.5. The fourth-order valence-corrected chi connectivity index (χ4v) is 2.72. The Morgan fingerprint density at radius 1 is 1.04 bits per heavy atom. The molecule has 0 aliphatic carbocycles.